The van der Waals surface area contributed by atoms with Crippen molar-refractivity contribution < 1.29 is 9.53 Å². The average molecular weight is 197 g/mol. The second kappa shape index (κ2) is 5.38. The van der Waals surface area contributed by atoms with Crippen molar-refractivity contribution in [1.29, 1.82) is 0 Å². The van der Waals surface area contributed by atoms with Crippen molar-refractivity contribution in [2.45, 2.75) is 0 Å². The molecule has 0 N–H and O–H groups in total. The van der Waals surface area contributed by atoms with Gasteiger partial charge in [0.05, 0.1) is 0 Å². The van der Waals surface area contributed by atoms with Crippen LogP contribution < -0.4 is 0 Å². The Bertz CT molecular complexity index is 293. The molecule has 1 rings (SSSR count). The first-order valence-corrected chi connectivity index (χ1v) is 4.20. The number of rotatable bonds is 3. The Hall–Kier alpha value is -1.28. The van der Waals surface area contributed by atoms with E-state index in [-0.39, 0.29) is 6.61 Å². The number of carbonyl (C=O) groups excluding carboxylic acids is 1. The summed E-state index contributed by atoms with van der Waals surface area (Å²) in [7, 11) is 0. The highest BCUT2D eigenvalue weighted by molar-refractivity contribution is 6.61. The van der Waals surface area contributed by atoms with Gasteiger partial charge in [0.2, 0.25) is 0 Å². The van der Waals surface area contributed by atoms with Gasteiger partial charge in [0.1, 0.15) is 6.61 Å². The molecule has 0 fully saturated rings. The molecule has 0 aliphatic heterocycles. The summed E-state index contributed by atoms with van der Waals surface area (Å²) in [6.45, 7) is 0.206. The number of hydrogen-bond acceptors (Lipinski definition) is 2. The van der Waals surface area contributed by atoms with Gasteiger partial charge < -0.3 is 4.74 Å². The predicted octanol–water partition coefficient (Wildman–Crippen LogP) is 3.08. The molecule has 0 atom stereocenters. The molecule has 0 heterocycles. The number of halogens is 1. The summed E-state index contributed by atoms with van der Waals surface area (Å²) in [4.78, 5) is 10.2. The number of benzene rings is 1. The van der Waals surface area contributed by atoms with Crippen LogP contribution in [0.5, 0.6) is 0 Å². The highest BCUT2D eigenvalue weighted by Crippen LogP contribution is 2.00. The molecule has 2 nitrogen and oxygen atoms in total. The van der Waals surface area contributed by atoms with Crippen molar-refractivity contribution in [3.05, 3.63) is 42.0 Å². The van der Waals surface area contributed by atoms with Gasteiger partial charge in [-0.25, -0.2) is 4.79 Å². The molecule has 0 unspecified atom stereocenters. The molecule has 0 bridgehead atoms. The zero-order valence-corrected chi connectivity index (χ0v) is 7.70. The lowest BCUT2D eigenvalue weighted by atomic mass is 10.2. The third kappa shape index (κ3) is 4.33. The highest BCUT2D eigenvalue weighted by atomic mass is 35.5. The van der Waals surface area contributed by atoms with Crippen molar-refractivity contribution >= 4 is 23.1 Å². The molecule has 0 amide bonds. The van der Waals surface area contributed by atoms with Gasteiger partial charge in [-0.3, -0.25) is 0 Å². The molecule has 0 spiro atoms. The van der Waals surface area contributed by atoms with Crippen LogP contribution >= 0.6 is 11.6 Å². The molecular weight excluding hydrogens is 188 g/mol. The fourth-order valence-corrected chi connectivity index (χ4v) is 0.925. The lowest BCUT2D eigenvalue weighted by Gasteiger charge is -1.93. The average Bonchev–Trinajstić information content (AvgIpc) is 2.14. The maximum atomic E-state index is 10.2. The second-order valence-corrected chi connectivity index (χ2v) is 2.67. The zero-order chi connectivity index (χ0) is 9.52. The van der Waals surface area contributed by atoms with Gasteiger partial charge in [0.15, 0.2) is 0 Å². The molecule has 0 saturated heterocycles. The molecule has 1 aromatic rings. The van der Waals surface area contributed by atoms with Gasteiger partial charge in [0.25, 0.3) is 0 Å². The number of hydrogen-bond donors (Lipinski definition) is 0. The van der Waals surface area contributed by atoms with E-state index in [9.17, 15) is 4.79 Å². The normalized spacial score (nSPS) is 10.2. The second-order valence-electron chi connectivity index (χ2n) is 2.36. The molecule has 3 heteroatoms. The van der Waals surface area contributed by atoms with Crippen LogP contribution in [0, 0.1) is 0 Å². The van der Waals surface area contributed by atoms with Crippen LogP contribution in [-0.2, 0) is 4.74 Å². The van der Waals surface area contributed by atoms with Gasteiger partial charge in [-0.15, -0.1) is 0 Å². The number of ether oxygens (including phenoxy) is 1. The summed E-state index contributed by atoms with van der Waals surface area (Å²) in [6, 6.07) is 9.73. The summed E-state index contributed by atoms with van der Waals surface area (Å²) >= 11 is 4.96. The SMILES string of the molecule is O=C(Cl)OCC=Cc1ccccc1. The first-order chi connectivity index (χ1) is 6.29. The van der Waals surface area contributed by atoms with Crippen molar-refractivity contribution in [1.82, 2.24) is 0 Å². The van der Waals surface area contributed by atoms with E-state index in [4.69, 9.17) is 11.6 Å². The van der Waals surface area contributed by atoms with Crippen molar-refractivity contribution in [2.24, 2.45) is 0 Å². The van der Waals surface area contributed by atoms with Crippen LogP contribution in [0.25, 0.3) is 6.08 Å². The smallest absolute Gasteiger partial charge is 0.404 e. The molecule has 68 valence electrons. The molecule has 0 saturated carbocycles. The largest absolute Gasteiger partial charge is 0.449 e. The summed E-state index contributed by atoms with van der Waals surface area (Å²) in [5.41, 5.74) is 0.283. The molecular formula is C10H9ClO2. The summed E-state index contributed by atoms with van der Waals surface area (Å²) in [5.74, 6) is 0. The molecule has 0 aliphatic carbocycles. The van der Waals surface area contributed by atoms with Gasteiger partial charge in [-0.1, -0.05) is 36.4 Å². The quantitative estimate of drug-likeness (QED) is 0.695. The van der Waals surface area contributed by atoms with Crippen LogP contribution in [0.2, 0.25) is 0 Å². The fourth-order valence-electron chi connectivity index (χ4n) is 0.862. The molecule has 0 radical (unpaired) electrons. The minimum absolute atomic E-state index is 0.206. The molecule has 0 aliphatic rings. The summed E-state index contributed by atoms with van der Waals surface area (Å²) in [6.07, 6.45) is 3.59. The summed E-state index contributed by atoms with van der Waals surface area (Å²) in [5, 5.41) is 0. The predicted molar refractivity (Wildman–Crippen MR) is 52.7 cm³/mol. The number of carbonyl (C=O) groups is 1. The summed E-state index contributed by atoms with van der Waals surface area (Å²) < 4.78 is 4.50. The van der Waals surface area contributed by atoms with E-state index >= 15 is 0 Å². The minimum atomic E-state index is -0.780. The van der Waals surface area contributed by atoms with Gasteiger partial charge >= 0.3 is 5.43 Å². The Kier molecular flexibility index (Phi) is 4.06. The van der Waals surface area contributed by atoms with Crippen molar-refractivity contribution in [2.75, 3.05) is 6.61 Å². The van der Waals surface area contributed by atoms with E-state index in [0.29, 0.717) is 0 Å². The Morgan fingerprint density at radius 1 is 1.38 bits per heavy atom. The van der Waals surface area contributed by atoms with Crippen molar-refractivity contribution in [3.63, 3.8) is 0 Å². The van der Waals surface area contributed by atoms with Gasteiger partial charge in [-0.2, -0.15) is 0 Å². The third-order valence-corrected chi connectivity index (χ3v) is 1.51. The zero-order valence-electron chi connectivity index (χ0n) is 6.94. The fraction of sp³-hybridized carbons (Fsp3) is 0.100. The van der Waals surface area contributed by atoms with Gasteiger partial charge in [0, 0.05) is 11.6 Å². The highest BCUT2D eigenvalue weighted by Gasteiger charge is 1.89. The van der Waals surface area contributed by atoms with Crippen LogP contribution in [0.4, 0.5) is 4.79 Å². The third-order valence-electron chi connectivity index (χ3n) is 1.40. The van der Waals surface area contributed by atoms with E-state index in [1.165, 1.54) is 0 Å². The Balaban J connectivity index is 2.37. The minimum Gasteiger partial charge on any atom is -0.449 e. The van der Waals surface area contributed by atoms with E-state index in [2.05, 4.69) is 4.74 Å². The van der Waals surface area contributed by atoms with Gasteiger partial charge in [-0.05, 0) is 11.6 Å². The Morgan fingerprint density at radius 2 is 2.08 bits per heavy atom. The van der Waals surface area contributed by atoms with Crippen molar-refractivity contribution in [3.8, 4) is 0 Å². The first kappa shape index (κ1) is 9.81. The van der Waals surface area contributed by atoms with Crippen LogP contribution in [0.3, 0.4) is 0 Å². The van der Waals surface area contributed by atoms with E-state index in [1.54, 1.807) is 6.08 Å². The Morgan fingerprint density at radius 3 is 2.69 bits per heavy atom. The van der Waals surface area contributed by atoms with Crippen LogP contribution in [-0.4, -0.2) is 12.0 Å². The Labute approximate surface area is 81.8 Å². The topological polar surface area (TPSA) is 26.3 Å². The van der Waals surface area contributed by atoms with Crippen LogP contribution in [0.15, 0.2) is 36.4 Å². The first-order valence-electron chi connectivity index (χ1n) is 3.83. The maximum absolute atomic E-state index is 10.2. The molecule has 0 aromatic heterocycles. The lowest BCUT2D eigenvalue weighted by molar-refractivity contribution is 0.186. The maximum Gasteiger partial charge on any atom is 0.404 e. The lowest BCUT2D eigenvalue weighted by Crippen LogP contribution is -1.91. The molecule has 1 aromatic carbocycles. The van der Waals surface area contributed by atoms with E-state index < -0.39 is 5.43 Å². The standard InChI is InChI=1S/C10H9ClO2/c11-10(12)13-8-4-7-9-5-2-1-3-6-9/h1-7H,8H2. The molecule has 13 heavy (non-hydrogen) atoms. The van der Waals surface area contributed by atoms with E-state index in [0.717, 1.165) is 5.56 Å². The monoisotopic (exact) mass is 196 g/mol. The van der Waals surface area contributed by atoms with Crippen LogP contribution in [0.1, 0.15) is 5.56 Å². The van der Waals surface area contributed by atoms with E-state index in [1.807, 2.05) is 36.4 Å².